The number of nitro benzene ring substituents is 1. The molecule has 158 valence electrons. The molecule has 2 fully saturated rings. The fourth-order valence-corrected chi connectivity index (χ4v) is 3.66. The number of anilines is 3. The van der Waals surface area contributed by atoms with Gasteiger partial charge >= 0.3 is 0 Å². The van der Waals surface area contributed by atoms with Crippen LogP contribution >= 0.6 is 0 Å². The average molecular weight is 412 g/mol. The van der Waals surface area contributed by atoms with Crippen LogP contribution in [0, 0.1) is 10.1 Å². The molecule has 2 aromatic carbocycles. The highest BCUT2D eigenvalue weighted by atomic mass is 16.6. The molecule has 2 aliphatic heterocycles. The lowest BCUT2D eigenvalue weighted by Gasteiger charge is -2.29. The van der Waals surface area contributed by atoms with Crippen molar-refractivity contribution in [1.82, 2.24) is 0 Å². The maximum Gasteiger partial charge on any atom is 0.293 e. The molecule has 30 heavy (non-hydrogen) atoms. The Morgan fingerprint density at radius 2 is 1.50 bits per heavy atom. The third-order valence-electron chi connectivity index (χ3n) is 5.29. The lowest BCUT2D eigenvalue weighted by atomic mass is 10.1. The Hall–Kier alpha value is -3.17. The van der Waals surface area contributed by atoms with Gasteiger partial charge in [-0.25, -0.2) is 0 Å². The average Bonchev–Trinajstić information content (AvgIpc) is 2.80. The summed E-state index contributed by atoms with van der Waals surface area (Å²) in [5.41, 5.74) is 2.39. The summed E-state index contributed by atoms with van der Waals surface area (Å²) >= 11 is 0. The van der Waals surface area contributed by atoms with Crippen LogP contribution in [0.15, 0.2) is 42.5 Å². The van der Waals surface area contributed by atoms with Gasteiger partial charge in [0.1, 0.15) is 5.69 Å². The van der Waals surface area contributed by atoms with Crippen molar-refractivity contribution in [3.8, 4) is 0 Å². The molecule has 0 radical (unpaired) electrons. The molecule has 0 spiro atoms. The Balaban J connectivity index is 1.47. The number of morpholine rings is 2. The zero-order valence-electron chi connectivity index (χ0n) is 16.6. The smallest absolute Gasteiger partial charge is 0.293 e. The molecule has 1 N–H and O–H groups in total. The van der Waals surface area contributed by atoms with Crippen molar-refractivity contribution in [2.45, 2.75) is 0 Å². The third kappa shape index (κ3) is 4.52. The zero-order valence-corrected chi connectivity index (χ0v) is 16.6. The van der Waals surface area contributed by atoms with E-state index in [1.54, 1.807) is 12.1 Å². The van der Waals surface area contributed by atoms with E-state index in [1.165, 1.54) is 6.07 Å². The Bertz CT molecular complexity index is 906. The number of nitrogens with one attached hydrogen (secondary N) is 1. The van der Waals surface area contributed by atoms with Gasteiger partial charge in [-0.1, -0.05) is 0 Å². The molecule has 9 nitrogen and oxygen atoms in total. The molecule has 0 atom stereocenters. The summed E-state index contributed by atoms with van der Waals surface area (Å²) in [5.74, 6) is -0.384. The fourth-order valence-electron chi connectivity index (χ4n) is 3.66. The van der Waals surface area contributed by atoms with Crippen LogP contribution in [-0.2, 0) is 9.47 Å². The lowest BCUT2D eigenvalue weighted by Crippen LogP contribution is -2.36. The van der Waals surface area contributed by atoms with E-state index in [4.69, 9.17) is 9.47 Å². The van der Waals surface area contributed by atoms with E-state index >= 15 is 0 Å². The second kappa shape index (κ2) is 9.10. The Labute approximate surface area is 174 Å². The van der Waals surface area contributed by atoms with E-state index in [0.717, 1.165) is 18.8 Å². The van der Waals surface area contributed by atoms with Crippen LogP contribution in [-0.4, -0.2) is 63.4 Å². The summed E-state index contributed by atoms with van der Waals surface area (Å²) in [5, 5.41) is 14.4. The maximum absolute atomic E-state index is 12.7. The molecular formula is C21H24N4O5. The summed E-state index contributed by atoms with van der Waals surface area (Å²) in [6.45, 7) is 5.31. The second-order valence-corrected chi connectivity index (χ2v) is 7.16. The van der Waals surface area contributed by atoms with Crippen molar-refractivity contribution in [3.63, 3.8) is 0 Å². The lowest BCUT2D eigenvalue weighted by molar-refractivity contribution is -0.384. The SMILES string of the molecule is O=C(Nc1ccc(N2CCOCC2)cc1)c1ccc(N2CCOCC2)c([N+](=O)[O-])c1. The summed E-state index contributed by atoms with van der Waals surface area (Å²) in [6, 6.07) is 12.2. The standard InChI is InChI=1S/C21H24N4O5/c26-21(22-17-2-4-18(5-3-17)23-7-11-29-12-8-23)16-1-6-19(20(15-16)25(27)28)24-9-13-30-14-10-24/h1-6,15H,7-14H2,(H,22,26). The molecule has 0 unspecified atom stereocenters. The van der Waals surface area contributed by atoms with E-state index in [1.807, 2.05) is 29.2 Å². The zero-order chi connectivity index (χ0) is 20.9. The number of rotatable bonds is 5. The van der Waals surface area contributed by atoms with E-state index in [2.05, 4.69) is 10.2 Å². The Morgan fingerprint density at radius 1 is 0.900 bits per heavy atom. The van der Waals surface area contributed by atoms with Gasteiger partial charge in [0.15, 0.2) is 0 Å². The van der Waals surface area contributed by atoms with E-state index in [-0.39, 0.29) is 17.2 Å². The van der Waals surface area contributed by atoms with Gasteiger partial charge in [-0.05, 0) is 36.4 Å². The number of hydrogen-bond acceptors (Lipinski definition) is 7. The first-order valence-electron chi connectivity index (χ1n) is 9.97. The van der Waals surface area contributed by atoms with Gasteiger partial charge < -0.3 is 24.6 Å². The van der Waals surface area contributed by atoms with Gasteiger partial charge in [0.2, 0.25) is 0 Å². The van der Waals surface area contributed by atoms with E-state index < -0.39 is 4.92 Å². The van der Waals surface area contributed by atoms with Crippen LogP contribution in [0.5, 0.6) is 0 Å². The predicted molar refractivity (Wildman–Crippen MR) is 114 cm³/mol. The van der Waals surface area contributed by atoms with Gasteiger partial charge in [0.05, 0.1) is 31.4 Å². The molecular weight excluding hydrogens is 388 g/mol. The minimum atomic E-state index is -0.446. The van der Waals surface area contributed by atoms with Crippen LogP contribution in [0.4, 0.5) is 22.7 Å². The van der Waals surface area contributed by atoms with Crippen LogP contribution in [0.2, 0.25) is 0 Å². The van der Waals surface area contributed by atoms with Crippen LogP contribution in [0.25, 0.3) is 0 Å². The molecule has 2 aliphatic rings. The van der Waals surface area contributed by atoms with Crippen LogP contribution < -0.4 is 15.1 Å². The molecule has 2 saturated heterocycles. The molecule has 9 heteroatoms. The van der Waals surface area contributed by atoms with Crippen LogP contribution in [0.3, 0.4) is 0 Å². The van der Waals surface area contributed by atoms with E-state index in [9.17, 15) is 14.9 Å². The highest BCUT2D eigenvalue weighted by Crippen LogP contribution is 2.30. The van der Waals surface area contributed by atoms with Gasteiger partial charge in [0.25, 0.3) is 11.6 Å². The number of amides is 1. The number of carbonyl (C=O) groups is 1. The Morgan fingerprint density at radius 3 is 2.10 bits per heavy atom. The van der Waals surface area contributed by atoms with Crippen molar-refractivity contribution in [2.24, 2.45) is 0 Å². The Kier molecular flexibility index (Phi) is 6.10. The number of benzene rings is 2. The number of nitro groups is 1. The number of ether oxygens (including phenoxy) is 2. The molecule has 2 heterocycles. The normalized spacial score (nSPS) is 16.9. The first-order chi connectivity index (χ1) is 14.6. The summed E-state index contributed by atoms with van der Waals surface area (Å²) in [6.07, 6.45) is 0. The topological polar surface area (TPSA) is 97.2 Å². The van der Waals surface area contributed by atoms with Gasteiger partial charge in [-0.2, -0.15) is 0 Å². The fraction of sp³-hybridized carbons (Fsp3) is 0.381. The van der Waals surface area contributed by atoms with Gasteiger partial charge in [0, 0.05) is 49.2 Å². The molecule has 1 amide bonds. The minimum absolute atomic E-state index is 0.0767. The van der Waals surface area contributed by atoms with Crippen molar-refractivity contribution < 1.29 is 19.2 Å². The van der Waals surface area contributed by atoms with E-state index in [0.29, 0.717) is 50.9 Å². The number of hydrogen-bond donors (Lipinski definition) is 1. The number of carbonyl (C=O) groups excluding carboxylic acids is 1. The first-order valence-corrected chi connectivity index (χ1v) is 9.97. The van der Waals surface area contributed by atoms with Crippen molar-refractivity contribution >= 4 is 28.7 Å². The monoisotopic (exact) mass is 412 g/mol. The summed E-state index contributed by atoms with van der Waals surface area (Å²) in [7, 11) is 0. The quantitative estimate of drug-likeness (QED) is 0.595. The minimum Gasteiger partial charge on any atom is -0.378 e. The molecule has 4 rings (SSSR count). The molecule has 0 aliphatic carbocycles. The molecule has 0 aromatic heterocycles. The summed E-state index contributed by atoms with van der Waals surface area (Å²) < 4.78 is 10.7. The first kappa shape index (κ1) is 20.1. The highest BCUT2D eigenvalue weighted by molar-refractivity contribution is 6.05. The van der Waals surface area contributed by atoms with Crippen molar-refractivity contribution in [3.05, 3.63) is 58.1 Å². The molecule has 0 saturated carbocycles. The van der Waals surface area contributed by atoms with Crippen molar-refractivity contribution in [1.29, 1.82) is 0 Å². The summed E-state index contributed by atoms with van der Waals surface area (Å²) in [4.78, 5) is 27.9. The largest absolute Gasteiger partial charge is 0.378 e. The third-order valence-corrected chi connectivity index (χ3v) is 5.29. The molecule has 0 bridgehead atoms. The molecule has 2 aromatic rings. The number of nitrogens with zero attached hydrogens (tertiary/aromatic N) is 3. The second-order valence-electron chi connectivity index (χ2n) is 7.16. The van der Waals surface area contributed by atoms with Gasteiger partial charge in [-0.15, -0.1) is 0 Å². The van der Waals surface area contributed by atoms with Crippen LogP contribution in [0.1, 0.15) is 10.4 Å². The highest BCUT2D eigenvalue weighted by Gasteiger charge is 2.23. The maximum atomic E-state index is 12.7. The van der Waals surface area contributed by atoms with Crippen molar-refractivity contribution in [2.75, 3.05) is 67.7 Å². The van der Waals surface area contributed by atoms with Gasteiger partial charge in [-0.3, -0.25) is 14.9 Å². The predicted octanol–water partition coefficient (Wildman–Crippen LogP) is 2.52.